The van der Waals surface area contributed by atoms with E-state index in [2.05, 4.69) is 20.8 Å². The number of anilines is 1. The van der Waals surface area contributed by atoms with Crippen molar-refractivity contribution in [2.45, 2.75) is 44.9 Å². The van der Waals surface area contributed by atoms with Gasteiger partial charge in [-0.25, -0.2) is 0 Å². The lowest BCUT2D eigenvalue weighted by Gasteiger charge is -2.09. The summed E-state index contributed by atoms with van der Waals surface area (Å²) in [5, 5.41) is 15.0. The molecular weight excluding hydrogens is 573 g/mol. The molecular formula is C30H38N6O4S2. The Morgan fingerprint density at radius 1 is 0.976 bits per heavy atom. The number of benzene rings is 2. The highest BCUT2D eigenvalue weighted by atomic mass is 32.2. The summed E-state index contributed by atoms with van der Waals surface area (Å²) in [5.74, 6) is 1.10. The van der Waals surface area contributed by atoms with E-state index in [-0.39, 0.29) is 24.1 Å². The maximum atomic E-state index is 12.4. The molecule has 1 heterocycles. The average molecular weight is 611 g/mol. The minimum Gasteiger partial charge on any atom is -0.617 e. The first-order chi connectivity index (χ1) is 20.3. The fraction of sp³-hybridized carbons (Fsp3) is 0.333. The monoisotopic (exact) mass is 610 g/mol. The summed E-state index contributed by atoms with van der Waals surface area (Å²) in [6.07, 6.45) is 9.18. The second-order valence-electron chi connectivity index (χ2n) is 9.63. The van der Waals surface area contributed by atoms with Crippen LogP contribution in [0.15, 0.2) is 78.3 Å². The maximum absolute atomic E-state index is 12.4. The molecule has 0 saturated heterocycles. The smallest absolute Gasteiger partial charge is 0.230 e. The number of carbonyl (C=O) groups is 2. The summed E-state index contributed by atoms with van der Waals surface area (Å²) in [6.45, 7) is 0.469. The van der Waals surface area contributed by atoms with Crippen molar-refractivity contribution < 1.29 is 18.9 Å². The Labute approximate surface area is 253 Å². The molecule has 2 aromatic carbocycles. The third-order valence-electron chi connectivity index (χ3n) is 5.90. The van der Waals surface area contributed by atoms with Crippen LogP contribution in [0, 0.1) is 0 Å². The van der Waals surface area contributed by atoms with E-state index >= 15 is 0 Å². The Morgan fingerprint density at radius 2 is 1.74 bits per heavy atom. The molecule has 0 unspecified atom stereocenters. The van der Waals surface area contributed by atoms with Crippen LogP contribution in [0.4, 0.5) is 5.13 Å². The molecule has 0 aliphatic heterocycles. The Bertz CT molecular complexity index is 1340. The zero-order chi connectivity index (χ0) is 30.2. The molecule has 3 rings (SSSR count). The molecule has 10 nitrogen and oxygen atoms in total. The van der Waals surface area contributed by atoms with Crippen molar-refractivity contribution in [1.82, 2.24) is 15.5 Å². The number of hydrogen-bond donors (Lipinski definition) is 4. The second-order valence-corrected chi connectivity index (χ2v) is 12.3. The first kappa shape index (κ1) is 32.6. The van der Waals surface area contributed by atoms with Gasteiger partial charge in [-0.1, -0.05) is 65.0 Å². The van der Waals surface area contributed by atoms with E-state index in [0.717, 1.165) is 35.4 Å². The lowest BCUT2D eigenvalue weighted by atomic mass is 10.1. The highest BCUT2D eigenvalue weighted by Gasteiger charge is 2.09. The molecule has 1 aromatic heterocycles. The van der Waals surface area contributed by atoms with Crippen LogP contribution in [0.5, 0.6) is 5.75 Å². The predicted molar refractivity (Wildman–Crippen MR) is 168 cm³/mol. The summed E-state index contributed by atoms with van der Waals surface area (Å²) in [4.78, 5) is 24.6. The molecule has 2 amide bonds. The van der Waals surface area contributed by atoms with Crippen LogP contribution in [0.2, 0.25) is 0 Å². The largest absolute Gasteiger partial charge is 0.617 e. The highest BCUT2D eigenvalue weighted by Crippen LogP contribution is 2.18. The lowest BCUT2D eigenvalue weighted by molar-refractivity contribution is -0.119. The third kappa shape index (κ3) is 13.2. The van der Waals surface area contributed by atoms with E-state index in [9.17, 15) is 14.1 Å². The van der Waals surface area contributed by atoms with Gasteiger partial charge in [0.25, 0.3) is 0 Å². The standard InChI is InChI=1S/C30H38N6O4S2/c1-42(39)18-8-17-40-25-13-7-11-23(19-25)21-27(37)33-26(32)16-15-24(31)12-5-6-14-29-35-36-30(41-29)34-28(38)20-22-9-3-2-4-10-22/h2-4,7,9-11,13,15-16,19H,5-6,8,12,14,17-18,20-21,31-32H2,1H3,(H,33,37)(H,34,36,38)/b24-15-,26-16+/t42-/m1/s1. The van der Waals surface area contributed by atoms with Gasteiger partial charge in [-0.15, -0.1) is 10.2 Å². The zero-order valence-electron chi connectivity index (χ0n) is 23.7. The predicted octanol–water partition coefficient (Wildman–Crippen LogP) is 3.58. The van der Waals surface area contributed by atoms with Gasteiger partial charge in [-0.2, -0.15) is 0 Å². The van der Waals surface area contributed by atoms with E-state index in [1.54, 1.807) is 18.4 Å². The Kier molecular flexibility index (Phi) is 13.9. The van der Waals surface area contributed by atoms with Gasteiger partial charge in [0.2, 0.25) is 16.9 Å². The lowest BCUT2D eigenvalue weighted by Crippen LogP contribution is -2.28. The van der Waals surface area contributed by atoms with Gasteiger partial charge in [-0.3, -0.25) is 9.59 Å². The number of nitrogens with one attached hydrogen (secondary N) is 2. The number of nitrogens with zero attached hydrogens (tertiary/aromatic N) is 2. The van der Waals surface area contributed by atoms with Crippen LogP contribution in [-0.4, -0.2) is 45.2 Å². The summed E-state index contributed by atoms with van der Waals surface area (Å²) in [7, 11) is 0. The van der Waals surface area contributed by atoms with Crippen molar-refractivity contribution in [3.63, 3.8) is 0 Å². The molecule has 0 fully saturated rings. The molecule has 6 N–H and O–H groups in total. The minimum atomic E-state index is -0.839. The van der Waals surface area contributed by atoms with Crippen molar-refractivity contribution in [2.24, 2.45) is 11.5 Å². The fourth-order valence-electron chi connectivity index (χ4n) is 3.87. The van der Waals surface area contributed by atoms with Crippen molar-refractivity contribution >= 4 is 39.5 Å². The number of aromatic nitrogens is 2. The fourth-order valence-corrected chi connectivity index (χ4v) is 5.19. The van der Waals surface area contributed by atoms with E-state index in [1.807, 2.05) is 54.6 Å². The van der Waals surface area contributed by atoms with Crippen LogP contribution in [0.1, 0.15) is 41.8 Å². The van der Waals surface area contributed by atoms with Gasteiger partial charge in [0.05, 0.1) is 25.7 Å². The van der Waals surface area contributed by atoms with E-state index in [4.69, 9.17) is 16.2 Å². The van der Waals surface area contributed by atoms with Crippen LogP contribution in [-0.2, 0) is 40.0 Å². The SMILES string of the molecule is C[S@@+]([O-])CCCOc1cccc(CC(=O)N/C(N)=C/C=C(\N)CCCCc2nnc(NC(=O)Cc3ccccc3)s2)c1. The molecule has 0 aliphatic rings. The number of amides is 2. The number of nitrogens with two attached hydrogens (primary N) is 2. The third-order valence-corrected chi connectivity index (χ3v) is 7.66. The molecule has 0 bridgehead atoms. The van der Waals surface area contributed by atoms with Crippen molar-refractivity contribution in [2.75, 3.05) is 23.9 Å². The average Bonchev–Trinajstić information content (AvgIpc) is 3.39. The first-order valence-electron chi connectivity index (χ1n) is 13.7. The van der Waals surface area contributed by atoms with Crippen molar-refractivity contribution in [3.05, 3.63) is 94.4 Å². The number of rotatable bonds is 17. The van der Waals surface area contributed by atoms with Gasteiger partial charge >= 0.3 is 0 Å². The number of allylic oxidation sites excluding steroid dienone is 3. The van der Waals surface area contributed by atoms with Crippen LogP contribution < -0.4 is 26.8 Å². The topological polar surface area (TPSA) is 168 Å². The number of aryl methyl sites for hydroxylation is 1. The van der Waals surface area contributed by atoms with Crippen LogP contribution >= 0.6 is 11.3 Å². The molecule has 3 aromatic rings. The second kappa shape index (κ2) is 17.8. The number of unbranched alkanes of at least 4 members (excludes halogenated alkanes) is 1. The Balaban J connectivity index is 1.33. The summed E-state index contributed by atoms with van der Waals surface area (Å²) in [6, 6.07) is 16.8. The molecule has 0 radical (unpaired) electrons. The zero-order valence-corrected chi connectivity index (χ0v) is 25.3. The summed E-state index contributed by atoms with van der Waals surface area (Å²) < 4.78 is 16.8. The molecule has 0 aliphatic carbocycles. The van der Waals surface area contributed by atoms with Crippen LogP contribution in [0.3, 0.4) is 0 Å². The number of carbonyl (C=O) groups excluding carboxylic acids is 2. The van der Waals surface area contributed by atoms with E-state index in [1.165, 1.54) is 11.3 Å². The molecule has 1 atom stereocenters. The number of ether oxygens (including phenoxy) is 1. The summed E-state index contributed by atoms with van der Waals surface area (Å²) >= 11 is 0.535. The van der Waals surface area contributed by atoms with Crippen LogP contribution in [0.25, 0.3) is 0 Å². The minimum absolute atomic E-state index is 0.122. The molecule has 0 saturated carbocycles. The molecule has 42 heavy (non-hydrogen) atoms. The quantitative estimate of drug-likeness (QED) is 0.102. The van der Waals surface area contributed by atoms with Gasteiger partial charge in [0.15, 0.2) is 0 Å². The molecule has 12 heteroatoms. The van der Waals surface area contributed by atoms with Crippen molar-refractivity contribution in [3.8, 4) is 5.75 Å². The van der Waals surface area contributed by atoms with E-state index < -0.39 is 11.2 Å². The normalized spacial score (nSPS) is 12.5. The summed E-state index contributed by atoms with van der Waals surface area (Å²) in [5.41, 5.74) is 14.4. The Hall–Kier alpha value is -3.87. The number of hydrogen-bond acceptors (Lipinski definition) is 9. The van der Waals surface area contributed by atoms with Crippen molar-refractivity contribution in [1.29, 1.82) is 0 Å². The van der Waals surface area contributed by atoms with Gasteiger partial charge in [-0.05, 0) is 54.7 Å². The maximum Gasteiger partial charge on any atom is 0.230 e. The van der Waals surface area contributed by atoms with Gasteiger partial charge in [0, 0.05) is 18.5 Å². The molecule has 0 spiro atoms. The highest BCUT2D eigenvalue weighted by molar-refractivity contribution is 7.90. The van der Waals surface area contributed by atoms with Gasteiger partial charge < -0.3 is 31.4 Å². The Morgan fingerprint density at radius 3 is 2.52 bits per heavy atom. The van der Waals surface area contributed by atoms with Gasteiger partial charge in [0.1, 0.15) is 22.3 Å². The molecule has 224 valence electrons. The van der Waals surface area contributed by atoms with E-state index in [0.29, 0.717) is 48.2 Å². The first-order valence-corrected chi connectivity index (χ1v) is 16.2.